The normalized spacial score (nSPS) is 10.1. The van der Waals surface area contributed by atoms with E-state index < -0.39 is 0 Å². The van der Waals surface area contributed by atoms with Crippen LogP contribution in [0.25, 0.3) is 0 Å². The summed E-state index contributed by atoms with van der Waals surface area (Å²) in [6.45, 7) is 4.00. The Morgan fingerprint density at radius 1 is 1.00 bits per heavy atom. The fraction of sp³-hybridized carbons (Fsp3) is 0.133. The molecule has 2 amide bonds. The van der Waals surface area contributed by atoms with E-state index >= 15 is 0 Å². The Morgan fingerprint density at radius 3 is 2.32 bits per heavy atom. The van der Waals surface area contributed by atoms with Crippen molar-refractivity contribution < 1.29 is 4.79 Å². The standard InChI is InChI=1S/C15H15BrN2O/c1-10-3-8-14(11(2)9-10)18-15(19)17-13-6-4-12(16)5-7-13/h3-9H,1-2H3,(H2,17,18,19). The van der Waals surface area contributed by atoms with Crippen LogP contribution in [0.15, 0.2) is 46.9 Å². The van der Waals surface area contributed by atoms with E-state index in [4.69, 9.17) is 0 Å². The Hall–Kier alpha value is -1.81. The maximum atomic E-state index is 11.9. The maximum Gasteiger partial charge on any atom is 0.323 e. The van der Waals surface area contributed by atoms with Crippen molar-refractivity contribution >= 4 is 33.3 Å². The fourth-order valence-corrected chi connectivity index (χ4v) is 2.04. The second-order valence-corrected chi connectivity index (χ2v) is 5.32. The molecule has 0 atom stereocenters. The summed E-state index contributed by atoms with van der Waals surface area (Å²) in [7, 11) is 0. The van der Waals surface area contributed by atoms with Gasteiger partial charge in [-0.2, -0.15) is 0 Å². The van der Waals surface area contributed by atoms with E-state index in [1.54, 1.807) is 0 Å². The second kappa shape index (κ2) is 5.89. The molecule has 0 bridgehead atoms. The van der Waals surface area contributed by atoms with E-state index in [-0.39, 0.29) is 6.03 Å². The highest BCUT2D eigenvalue weighted by atomic mass is 79.9. The molecule has 2 aromatic rings. The van der Waals surface area contributed by atoms with E-state index in [9.17, 15) is 4.79 Å². The minimum absolute atomic E-state index is 0.241. The highest BCUT2D eigenvalue weighted by Crippen LogP contribution is 2.17. The van der Waals surface area contributed by atoms with Gasteiger partial charge in [-0.15, -0.1) is 0 Å². The molecule has 0 fully saturated rings. The van der Waals surface area contributed by atoms with Crippen LogP contribution in [-0.2, 0) is 0 Å². The number of anilines is 2. The molecule has 0 heterocycles. The summed E-state index contributed by atoms with van der Waals surface area (Å²) in [6, 6.07) is 13.1. The fourth-order valence-electron chi connectivity index (χ4n) is 1.77. The molecule has 2 rings (SSSR count). The van der Waals surface area contributed by atoms with Gasteiger partial charge in [-0.25, -0.2) is 4.79 Å². The minimum Gasteiger partial charge on any atom is -0.308 e. The minimum atomic E-state index is -0.241. The summed E-state index contributed by atoms with van der Waals surface area (Å²) in [5, 5.41) is 5.63. The lowest BCUT2D eigenvalue weighted by Crippen LogP contribution is -2.19. The van der Waals surface area contributed by atoms with Crippen molar-refractivity contribution in [3.8, 4) is 0 Å². The highest BCUT2D eigenvalue weighted by Gasteiger charge is 2.04. The number of amides is 2. The molecule has 0 aliphatic heterocycles. The summed E-state index contributed by atoms with van der Waals surface area (Å²) < 4.78 is 0.979. The number of rotatable bonds is 2. The van der Waals surface area contributed by atoms with Crippen molar-refractivity contribution in [1.82, 2.24) is 0 Å². The Bertz CT molecular complexity index is 594. The van der Waals surface area contributed by atoms with Crippen LogP contribution in [0, 0.1) is 13.8 Å². The molecule has 19 heavy (non-hydrogen) atoms. The molecule has 0 aliphatic carbocycles. The first kappa shape index (κ1) is 13.6. The molecule has 0 saturated carbocycles. The van der Waals surface area contributed by atoms with Gasteiger partial charge in [-0.3, -0.25) is 0 Å². The van der Waals surface area contributed by atoms with Gasteiger partial charge < -0.3 is 10.6 Å². The topological polar surface area (TPSA) is 41.1 Å². The first-order valence-corrected chi connectivity index (χ1v) is 6.75. The quantitative estimate of drug-likeness (QED) is 0.827. The van der Waals surface area contributed by atoms with Crippen molar-refractivity contribution in [3.05, 3.63) is 58.1 Å². The molecule has 2 N–H and O–H groups in total. The number of nitrogens with one attached hydrogen (secondary N) is 2. The third-order valence-corrected chi connectivity index (χ3v) is 3.26. The molecule has 0 aliphatic rings. The summed E-state index contributed by atoms with van der Waals surface area (Å²) >= 11 is 3.35. The molecule has 0 saturated heterocycles. The van der Waals surface area contributed by atoms with Crippen LogP contribution in [-0.4, -0.2) is 6.03 Å². The largest absolute Gasteiger partial charge is 0.323 e. The highest BCUT2D eigenvalue weighted by molar-refractivity contribution is 9.10. The first-order chi connectivity index (χ1) is 9.04. The lowest BCUT2D eigenvalue weighted by Gasteiger charge is -2.10. The first-order valence-electron chi connectivity index (χ1n) is 5.95. The van der Waals surface area contributed by atoms with Crippen LogP contribution in [0.5, 0.6) is 0 Å². The third kappa shape index (κ3) is 3.83. The maximum absolute atomic E-state index is 11.9. The monoisotopic (exact) mass is 318 g/mol. The zero-order chi connectivity index (χ0) is 13.8. The summed E-state index contributed by atoms with van der Waals surface area (Å²) in [5.41, 5.74) is 3.80. The van der Waals surface area contributed by atoms with Crippen LogP contribution < -0.4 is 10.6 Å². The van der Waals surface area contributed by atoms with Gasteiger partial charge in [0.15, 0.2) is 0 Å². The number of urea groups is 1. The van der Waals surface area contributed by atoms with Gasteiger partial charge >= 0.3 is 6.03 Å². The Morgan fingerprint density at radius 2 is 1.68 bits per heavy atom. The summed E-state index contributed by atoms with van der Waals surface area (Å²) in [5.74, 6) is 0. The summed E-state index contributed by atoms with van der Waals surface area (Å²) in [4.78, 5) is 11.9. The Balaban J connectivity index is 2.03. The number of carbonyl (C=O) groups excluding carboxylic acids is 1. The van der Waals surface area contributed by atoms with Crippen molar-refractivity contribution in [2.45, 2.75) is 13.8 Å². The number of hydrogen-bond acceptors (Lipinski definition) is 1. The van der Waals surface area contributed by atoms with E-state index in [0.29, 0.717) is 0 Å². The van der Waals surface area contributed by atoms with Gasteiger partial charge in [-0.05, 0) is 49.7 Å². The number of aryl methyl sites for hydroxylation is 2. The average Bonchev–Trinajstić information content (AvgIpc) is 2.36. The molecule has 0 spiro atoms. The Kier molecular flexibility index (Phi) is 4.22. The molecule has 0 radical (unpaired) electrons. The SMILES string of the molecule is Cc1ccc(NC(=O)Nc2ccc(Br)cc2)c(C)c1. The van der Waals surface area contributed by atoms with Gasteiger partial charge in [0, 0.05) is 15.8 Å². The van der Waals surface area contributed by atoms with Crippen molar-refractivity contribution in [2.24, 2.45) is 0 Å². The van der Waals surface area contributed by atoms with Crippen molar-refractivity contribution in [1.29, 1.82) is 0 Å². The van der Waals surface area contributed by atoms with E-state index in [0.717, 1.165) is 21.4 Å². The van der Waals surface area contributed by atoms with Crippen LogP contribution in [0.3, 0.4) is 0 Å². The molecule has 98 valence electrons. The van der Waals surface area contributed by atoms with Gasteiger partial charge in [0.25, 0.3) is 0 Å². The third-order valence-electron chi connectivity index (χ3n) is 2.73. The number of hydrogen-bond donors (Lipinski definition) is 2. The Labute approximate surface area is 121 Å². The van der Waals surface area contributed by atoms with E-state index in [1.807, 2.05) is 56.3 Å². The number of benzene rings is 2. The van der Waals surface area contributed by atoms with Gasteiger partial charge in [0.2, 0.25) is 0 Å². The van der Waals surface area contributed by atoms with Gasteiger partial charge in [-0.1, -0.05) is 33.6 Å². The average molecular weight is 319 g/mol. The molecule has 2 aromatic carbocycles. The van der Waals surface area contributed by atoms with E-state index in [2.05, 4.69) is 26.6 Å². The predicted octanol–water partition coefficient (Wildman–Crippen LogP) is 4.71. The van der Waals surface area contributed by atoms with Crippen molar-refractivity contribution in [3.63, 3.8) is 0 Å². The number of halogens is 1. The lowest BCUT2D eigenvalue weighted by atomic mass is 10.1. The molecule has 4 heteroatoms. The second-order valence-electron chi connectivity index (χ2n) is 4.40. The molecular weight excluding hydrogens is 304 g/mol. The summed E-state index contributed by atoms with van der Waals surface area (Å²) in [6.07, 6.45) is 0. The van der Waals surface area contributed by atoms with Gasteiger partial charge in [0.05, 0.1) is 0 Å². The number of carbonyl (C=O) groups is 1. The van der Waals surface area contributed by atoms with Crippen LogP contribution in [0.1, 0.15) is 11.1 Å². The van der Waals surface area contributed by atoms with E-state index in [1.165, 1.54) is 5.56 Å². The zero-order valence-electron chi connectivity index (χ0n) is 10.8. The molecule has 0 unspecified atom stereocenters. The van der Waals surface area contributed by atoms with Crippen LogP contribution >= 0.6 is 15.9 Å². The molecular formula is C15H15BrN2O. The lowest BCUT2D eigenvalue weighted by molar-refractivity contribution is 0.262. The smallest absolute Gasteiger partial charge is 0.308 e. The van der Waals surface area contributed by atoms with Crippen LogP contribution in [0.2, 0.25) is 0 Å². The van der Waals surface area contributed by atoms with Gasteiger partial charge in [0.1, 0.15) is 0 Å². The van der Waals surface area contributed by atoms with Crippen LogP contribution in [0.4, 0.5) is 16.2 Å². The van der Waals surface area contributed by atoms with Crippen molar-refractivity contribution in [2.75, 3.05) is 10.6 Å². The molecule has 0 aromatic heterocycles. The zero-order valence-corrected chi connectivity index (χ0v) is 12.4. The molecule has 3 nitrogen and oxygen atoms in total. The predicted molar refractivity (Wildman–Crippen MR) is 82.7 cm³/mol.